The third kappa shape index (κ3) is 6.33. The Morgan fingerprint density at radius 1 is 1.03 bits per heavy atom. The van der Waals surface area contributed by atoms with Crippen molar-refractivity contribution in [1.29, 1.82) is 0 Å². The fourth-order valence-corrected chi connectivity index (χ4v) is 3.67. The molecule has 0 aliphatic carbocycles. The van der Waals surface area contributed by atoms with Crippen molar-refractivity contribution >= 4 is 28.5 Å². The van der Waals surface area contributed by atoms with Crippen molar-refractivity contribution < 1.29 is 4.79 Å². The lowest BCUT2D eigenvalue weighted by Crippen LogP contribution is -2.26. The molecule has 0 saturated carbocycles. The van der Waals surface area contributed by atoms with Crippen LogP contribution in [-0.2, 0) is 24.2 Å². The molecule has 0 bridgehead atoms. The van der Waals surface area contributed by atoms with E-state index in [1.54, 1.807) is 0 Å². The molecule has 3 aromatic rings. The number of unbranched alkanes of at least 4 members (excludes halogenated alkanes) is 3. The topological polar surface area (TPSA) is 46.9 Å². The van der Waals surface area contributed by atoms with Crippen molar-refractivity contribution in [2.75, 3.05) is 6.54 Å². The minimum atomic E-state index is 0.0636. The van der Waals surface area contributed by atoms with Gasteiger partial charge in [-0.05, 0) is 49.1 Å². The van der Waals surface area contributed by atoms with Crippen molar-refractivity contribution in [2.45, 2.75) is 58.4 Å². The average molecular weight is 412 g/mol. The van der Waals surface area contributed by atoms with Crippen molar-refractivity contribution in [2.24, 2.45) is 0 Å². The predicted molar refractivity (Wildman–Crippen MR) is 120 cm³/mol. The molecule has 2 aromatic carbocycles. The third-order valence-electron chi connectivity index (χ3n) is 5.15. The number of imidazole rings is 1. The molecule has 0 aliphatic heterocycles. The van der Waals surface area contributed by atoms with Gasteiger partial charge in [0.2, 0.25) is 5.91 Å². The molecule has 1 heterocycles. The van der Waals surface area contributed by atoms with E-state index < -0.39 is 0 Å². The van der Waals surface area contributed by atoms with Crippen molar-refractivity contribution in [3.63, 3.8) is 0 Å². The van der Waals surface area contributed by atoms with Gasteiger partial charge in [-0.15, -0.1) is 0 Å². The number of carbonyl (C=O) groups is 1. The highest BCUT2D eigenvalue weighted by molar-refractivity contribution is 6.30. The fourth-order valence-electron chi connectivity index (χ4n) is 3.54. The SMILES string of the molecule is CCCCn1c(CCCCCNC(=O)Cc2ccc(Cl)cc2)nc2ccccc21. The zero-order chi connectivity index (χ0) is 20.5. The first-order chi connectivity index (χ1) is 14.2. The second-order valence-electron chi connectivity index (χ2n) is 7.49. The molecule has 0 radical (unpaired) electrons. The second kappa shape index (κ2) is 11.0. The largest absolute Gasteiger partial charge is 0.356 e. The Labute approximate surface area is 178 Å². The number of benzene rings is 2. The molecule has 1 N–H and O–H groups in total. The standard InChI is InChI=1S/C24H30ClN3O/c1-2-3-17-28-22-10-7-6-9-21(22)27-23(28)11-5-4-8-16-26-24(29)18-19-12-14-20(25)15-13-19/h6-7,9-10,12-15H,2-5,8,11,16-18H2,1H3,(H,26,29). The van der Waals surface area contributed by atoms with Crippen LogP contribution in [0.3, 0.4) is 0 Å². The molecule has 29 heavy (non-hydrogen) atoms. The predicted octanol–water partition coefficient (Wildman–Crippen LogP) is 5.56. The summed E-state index contributed by atoms with van der Waals surface area (Å²) in [6, 6.07) is 15.8. The van der Waals surface area contributed by atoms with E-state index in [0.717, 1.165) is 49.9 Å². The first-order valence-corrected chi connectivity index (χ1v) is 11.0. The third-order valence-corrected chi connectivity index (χ3v) is 5.40. The van der Waals surface area contributed by atoms with Crippen LogP contribution in [0.1, 0.15) is 50.4 Å². The Morgan fingerprint density at radius 2 is 1.83 bits per heavy atom. The monoisotopic (exact) mass is 411 g/mol. The van der Waals surface area contributed by atoms with Gasteiger partial charge in [0, 0.05) is 24.5 Å². The average Bonchev–Trinajstić information content (AvgIpc) is 3.08. The van der Waals surface area contributed by atoms with E-state index in [1.807, 2.05) is 24.3 Å². The number of nitrogens with one attached hydrogen (secondary N) is 1. The van der Waals surface area contributed by atoms with Gasteiger partial charge in [-0.2, -0.15) is 0 Å². The Kier molecular flexibility index (Phi) is 8.12. The first kappa shape index (κ1) is 21.4. The summed E-state index contributed by atoms with van der Waals surface area (Å²) in [6.07, 6.45) is 6.90. The summed E-state index contributed by atoms with van der Waals surface area (Å²) < 4.78 is 2.38. The van der Waals surface area contributed by atoms with Crippen LogP contribution in [0.4, 0.5) is 0 Å². The van der Waals surface area contributed by atoms with Gasteiger partial charge in [0.1, 0.15) is 5.82 Å². The van der Waals surface area contributed by atoms with E-state index in [0.29, 0.717) is 11.4 Å². The Bertz CT molecular complexity index is 918. The molecular weight excluding hydrogens is 382 g/mol. The van der Waals surface area contributed by atoms with Gasteiger partial charge in [-0.3, -0.25) is 4.79 Å². The van der Waals surface area contributed by atoms with E-state index in [4.69, 9.17) is 16.6 Å². The normalized spacial score (nSPS) is 11.1. The molecule has 5 heteroatoms. The van der Waals surface area contributed by atoms with Gasteiger partial charge in [-0.1, -0.05) is 55.6 Å². The first-order valence-electron chi connectivity index (χ1n) is 10.6. The van der Waals surface area contributed by atoms with Gasteiger partial charge < -0.3 is 9.88 Å². The number of carbonyl (C=O) groups excluding carboxylic acids is 1. The van der Waals surface area contributed by atoms with Crippen molar-refractivity contribution in [3.8, 4) is 0 Å². The maximum absolute atomic E-state index is 12.0. The smallest absolute Gasteiger partial charge is 0.224 e. The number of fused-ring (bicyclic) bond motifs is 1. The number of nitrogens with zero attached hydrogens (tertiary/aromatic N) is 2. The number of amides is 1. The highest BCUT2D eigenvalue weighted by Crippen LogP contribution is 2.18. The molecule has 0 unspecified atom stereocenters. The van der Waals surface area contributed by atoms with Crippen LogP contribution < -0.4 is 5.32 Å². The van der Waals surface area contributed by atoms with Gasteiger partial charge in [0.25, 0.3) is 0 Å². The molecule has 0 aliphatic rings. The lowest BCUT2D eigenvalue weighted by molar-refractivity contribution is -0.120. The zero-order valence-electron chi connectivity index (χ0n) is 17.2. The summed E-state index contributed by atoms with van der Waals surface area (Å²) in [5.74, 6) is 1.25. The van der Waals surface area contributed by atoms with Crippen LogP contribution >= 0.6 is 11.6 Å². The number of aryl methyl sites for hydroxylation is 2. The lowest BCUT2D eigenvalue weighted by atomic mass is 10.1. The molecule has 0 saturated heterocycles. The van der Waals surface area contributed by atoms with Crippen LogP contribution in [0.25, 0.3) is 11.0 Å². The van der Waals surface area contributed by atoms with Crippen LogP contribution in [0.5, 0.6) is 0 Å². The molecule has 3 rings (SSSR count). The Hall–Kier alpha value is -2.33. The molecule has 1 amide bonds. The van der Waals surface area contributed by atoms with Crippen LogP contribution in [0, 0.1) is 0 Å². The summed E-state index contributed by atoms with van der Waals surface area (Å²) in [5, 5.41) is 3.70. The molecule has 1 aromatic heterocycles. The summed E-state index contributed by atoms with van der Waals surface area (Å²) in [4.78, 5) is 16.9. The van der Waals surface area contributed by atoms with E-state index in [9.17, 15) is 4.79 Å². The molecule has 0 spiro atoms. The van der Waals surface area contributed by atoms with E-state index >= 15 is 0 Å². The Balaban J connectivity index is 1.40. The minimum absolute atomic E-state index is 0.0636. The van der Waals surface area contributed by atoms with Gasteiger partial charge in [0.05, 0.1) is 17.5 Å². The number of halogens is 1. The molecule has 154 valence electrons. The summed E-state index contributed by atoms with van der Waals surface area (Å²) in [6.45, 7) is 3.98. The van der Waals surface area contributed by atoms with Crippen LogP contribution in [0.2, 0.25) is 5.02 Å². The summed E-state index contributed by atoms with van der Waals surface area (Å²) >= 11 is 5.88. The van der Waals surface area contributed by atoms with Crippen LogP contribution in [0.15, 0.2) is 48.5 Å². The zero-order valence-corrected chi connectivity index (χ0v) is 17.9. The second-order valence-corrected chi connectivity index (χ2v) is 7.92. The molecule has 0 atom stereocenters. The van der Waals surface area contributed by atoms with Crippen molar-refractivity contribution in [1.82, 2.24) is 14.9 Å². The van der Waals surface area contributed by atoms with E-state index in [-0.39, 0.29) is 5.91 Å². The Morgan fingerprint density at radius 3 is 2.62 bits per heavy atom. The van der Waals surface area contributed by atoms with Gasteiger partial charge >= 0.3 is 0 Å². The number of hydrogen-bond acceptors (Lipinski definition) is 2. The number of rotatable bonds is 11. The van der Waals surface area contributed by atoms with Gasteiger partial charge in [-0.25, -0.2) is 4.98 Å². The number of para-hydroxylation sites is 2. The molecule has 0 fully saturated rings. The highest BCUT2D eigenvalue weighted by Gasteiger charge is 2.09. The lowest BCUT2D eigenvalue weighted by Gasteiger charge is -2.09. The number of aromatic nitrogens is 2. The van der Waals surface area contributed by atoms with E-state index in [2.05, 4.69) is 41.1 Å². The van der Waals surface area contributed by atoms with Gasteiger partial charge in [0.15, 0.2) is 0 Å². The van der Waals surface area contributed by atoms with E-state index in [1.165, 1.54) is 24.2 Å². The molecule has 4 nitrogen and oxygen atoms in total. The van der Waals surface area contributed by atoms with Crippen molar-refractivity contribution in [3.05, 3.63) is 64.9 Å². The summed E-state index contributed by atoms with van der Waals surface area (Å²) in [7, 11) is 0. The van der Waals surface area contributed by atoms with Crippen LogP contribution in [-0.4, -0.2) is 22.0 Å². The fraction of sp³-hybridized carbons (Fsp3) is 0.417. The highest BCUT2D eigenvalue weighted by atomic mass is 35.5. The quantitative estimate of drug-likeness (QED) is 0.420. The maximum atomic E-state index is 12.0. The number of hydrogen-bond donors (Lipinski definition) is 1. The maximum Gasteiger partial charge on any atom is 0.224 e. The summed E-state index contributed by atoms with van der Waals surface area (Å²) in [5.41, 5.74) is 3.32. The molecular formula is C24H30ClN3O. The minimum Gasteiger partial charge on any atom is -0.356 e.